The van der Waals surface area contributed by atoms with Gasteiger partial charge in [0.05, 0.1) is 6.54 Å². The van der Waals surface area contributed by atoms with E-state index in [1.54, 1.807) is 0 Å². The number of fused-ring (bicyclic) bond motifs is 1. The van der Waals surface area contributed by atoms with E-state index >= 15 is 0 Å². The van der Waals surface area contributed by atoms with E-state index in [2.05, 4.69) is 15.9 Å². The van der Waals surface area contributed by atoms with Crippen molar-refractivity contribution >= 4 is 32.6 Å². The number of aromatic nitrogens is 1. The van der Waals surface area contributed by atoms with Gasteiger partial charge in [-0.15, -0.1) is 0 Å². The molecule has 3 heteroatoms. The zero-order chi connectivity index (χ0) is 11.5. The number of carbonyl (C=O) groups is 1. The molecule has 0 unspecified atom stereocenters. The van der Waals surface area contributed by atoms with Crippen molar-refractivity contribution in [3.05, 3.63) is 34.9 Å². The minimum absolute atomic E-state index is 0.292. The van der Waals surface area contributed by atoms with Gasteiger partial charge in [-0.2, -0.15) is 0 Å². The van der Waals surface area contributed by atoms with Crippen LogP contribution in [0.4, 0.5) is 0 Å². The van der Waals surface area contributed by atoms with Gasteiger partial charge in [0.15, 0.2) is 5.78 Å². The summed E-state index contributed by atoms with van der Waals surface area (Å²) in [7, 11) is 0. The van der Waals surface area contributed by atoms with Gasteiger partial charge < -0.3 is 4.57 Å². The van der Waals surface area contributed by atoms with E-state index in [1.807, 2.05) is 42.0 Å². The van der Waals surface area contributed by atoms with Crippen molar-refractivity contribution in [1.82, 2.24) is 4.57 Å². The van der Waals surface area contributed by atoms with E-state index in [1.165, 1.54) is 0 Å². The number of benzene rings is 1. The van der Waals surface area contributed by atoms with Crippen molar-refractivity contribution in [3.63, 3.8) is 0 Å². The molecule has 0 aliphatic rings. The first kappa shape index (κ1) is 11.4. The molecule has 0 radical (unpaired) electrons. The van der Waals surface area contributed by atoms with Gasteiger partial charge in [0, 0.05) is 28.0 Å². The number of nitrogens with zero attached hydrogens (tertiary/aromatic N) is 1. The quantitative estimate of drug-likeness (QED) is 0.835. The van der Waals surface area contributed by atoms with Crippen LogP contribution in [0.25, 0.3) is 10.9 Å². The lowest BCUT2D eigenvalue weighted by atomic mass is 10.2. The highest BCUT2D eigenvalue weighted by atomic mass is 79.9. The third-order valence-corrected chi connectivity index (χ3v) is 3.33. The molecule has 2 rings (SSSR count). The summed E-state index contributed by atoms with van der Waals surface area (Å²) < 4.78 is 3.09. The zero-order valence-electron chi connectivity index (χ0n) is 9.24. The Morgan fingerprint density at radius 3 is 2.94 bits per heavy atom. The second-order valence-electron chi connectivity index (χ2n) is 3.90. The van der Waals surface area contributed by atoms with Crippen LogP contribution in [0, 0.1) is 0 Å². The Bertz CT molecular complexity index is 516. The summed E-state index contributed by atoms with van der Waals surface area (Å²) in [5.41, 5.74) is 1.11. The molecule has 16 heavy (non-hydrogen) atoms. The van der Waals surface area contributed by atoms with Gasteiger partial charge in [-0.25, -0.2) is 0 Å². The summed E-state index contributed by atoms with van der Waals surface area (Å²) in [5.74, 6) is 0.292. The Morgan fingerprint density at radius 1 is 1.38 bits per heavy atom. The molecule has 0 bridgehead atoms. The molecule has 0 amide bonds. The lowest BCUT2D eigenvalue weighted by Gasteiger charge is -2.04. The zero-order valence-corrected chi connectivity index (χ0v) is 10.8. The van der Waals surface area contributed by atoms with Crippen LogP contribution in [-0.4, -0.2) is 10.4 Å². The molecule has 84 valence electrons. The molecule has 2 aromatic rings. The number of hydrogen-bond acceptors (Lipinski definition) is 1. The molecular weight excluding hydrogens is 266 g/mol. The van der Waals surface area contributed by atoms with Crippen LogP contribution in [0.3, 0.4) is 0 Å². The lowest BCUT2D eigenvalue weighted by Crippen LogP contribution is -2.08. The second-order valence-corrected chi connectivity index (χ2v) is 4.76. The Balaban J connectivity index is 2.32. The van der Waals surface area contributed by atoms with E-state index in [4.69, 9.17) is 0 Å². The van der Waals surface area contributed by atoms with Gasteiger partial charge in [-0.3, -0.25) is 4.79 Å². The fraction of sp³-hybridized carbons (Fsp3) is 0.308. The molecule has 0 atom stereocenters. The van der Waals surface area contributed by atoms with Crippen molar-refractivity contribution in [1.29, 1.82) is 0 Å². The first-order valence-corrected chi connectivity index (χ1v) is 6.26. The number of carbonyl (C=O) groups excluding carboxylic acids is 1. The van der Waals surface area contributed by atoms with Crippen molar-refractivity contribution < 1.29 is 4.79 Å². The molecule has 0 saturated carbocycles. The van der Waals surface area contributed by atoms with E-state index < -0.39 is 0 Å². The van der Waals surface area contributed by atoms with Crippen molar-refractivity contribution in [2.24, 2.45) is 0 Å². The van der Waals surface area contributed by atoms with Crippen LogP contribution in [0.15, 0.2) is 34.9 Å². The topological polar surface area (TPSA) is 22.0 Å². The SMILES string of the molecule is CCCC(=O)Cn1ccc2c(Br)cccc21. The highest BCUT2D eigenvalue weighted by Gasteiger charge is 2.06. The Labute approximate surface area is 103 Å². The third-order valence-electron chi connectivity index (χ3n) is 2.64. The Hall–Kier alpha value is -1.09. The van der Waals surface area contributed by atoms with Crippen molar-refractivity contribution in [2.45, 2.75) is 26.3 Å². The Morgan fingerprint density at radius 2 is 2.19 bits per heavy atom. The minimum Gasteiger partial charge on any atom is -0.340 e. The maximum Gasteiger partial charge on any atom is 0.152 e. The van der Waals surface area contributed by atoms with Crippen molar-refractivity contribution in [3.8, 4) is 0 Å². The predicted molar refractivity (Wildman–Crippen MR) is 69.6 cm³/mol. The number of ketones is 1. The third kappa shape index (κ3) is 2.19. The molecule has 0 spiro atoms. The molecule has 1 aromatic carbocycles. The first-order chi connectivity index (χ1) is 7.72. The molecule has 0 N–H and O–H groups in total. The maximum absolute atomic E-state index is 11.6. The predicted octanol–water partition coefficient (Wildman–Crippen LogP) is 3.77. The summed E-state index contributed by atoms with van der Waals surface area (Å²) in [6.45, 7) is 2.51. The van der Waals surface area contributed by atoms with Gasteiger partial charge >= 0.3 is 0 Å². The van der Waals surface area contributed by atoms with Crippen LogP contribution < -0.4 is 0 Å². The van der Waals surface area contributed by atoms with Gasteiger partial charge in [-0.05, 0) is 24.6 Å². The number of halogens is 1. The average molecular weight is 280 g/mol. The summed E-state index contributed by atoms with van der Waals surface area (Å²) in [5, 5.41) is 1.16. The first-order valence-electron chi connectivity index (χ1n) is 5.47. The van der Waals surface area contributed by atoms with E-state index in [0.717, 1.165) is 21.8 Å². The molecular formula is C13H14BrNO. The van der Waals surface area contributed by atoms with E-state index in [-0.39, 0.29) is 0 Å². The van der Waals surface area contributed by atoms with Gasteiger partial charge in [-0.1, -0.05) is 28.9 Å². The molecule has 2 nitrogen and oxygen atoms in total. The average Bonchev–Trinajstić information content (AvgIpc) is 2.64. The fourth-order valence-corrected chi connectivity index (χ4v) is 2.36. The monoisotopic (exact) mass is 279 g/mol. The lowest BCUT2D eigenvalue weighted by molar-refractivity contribution is -0.119. The molecule has 0 fully saturated rings. The summed E-state index contributed by atoms with van der Waals surface area (Å²) in [4.78, 5) is 11.6. The Kier molecular flexibility index (Phi) is 3.44. The largest absolute Gasteiger partial charge is 0.340 e. The van der Waals surface area contributed by atoms with E-state index in [9.17, 15) is 4.79 Å². The molecule has 1 aromatic heterocycles. The maximum atomic E-state index is 11.6. The number of rotatable bonds is 4. The van der Waals surface area contributed by atoms with E-state index in [0.29, 0.717) is 18.7 Å². The number of hydrogen-bond donors (Lipinski definition) is 0. The highest BCUT2D eigenvalue weighted by Crippen LogP contribution is 2.24. The van der Waals surface area contributed by atoms with Gasteiger partial charge in [0.25, 0.3) is 0 Å². The molecule has 1 heterocycles. The van der Waals surface area contributed by atoms with Gasteiger partial charge in [0.1, 0.15) is 0 Å². The summed E-state index contributed by atoms with van der Waals surface area (Å²) in [6, 6.07) is 8.09. The molecule has 0 aliphatic heterocycles. The normalized spacial score (nSPS) is 10.9. The van der Waals surface area contributed by atoms with Crippen LogP contribution >= 0.6 is 15.9 Å². The highest BCUT2D eigenvalue weighted by molar-refractivity contribution is 9.10. The molecule has 0 aliphatic carbocycles. The number of Topliss-reactive ketones (excluding diaryl/α,β-unsaturated/α-hetero) is 1. The van der Waals surface area contributed by atoms with Crippen molar-refractivity contribution in [2.75, 3.05) is 0 Å². The summed E-state index contributed by atoms with van der Waals surface area (Å²) in [6.07, 6.45) is 3.55. The van der Waals surface area contributed by atoms with Crippen LogP contribution in [0.1, 0.15) is 19.8 Å². The second kappa shape index (κ2) is 4.83. The van der Waals surface area contributed by atoms with Crippen LogP contribution in [0.2, 0.25) is 0 Å². The molecule has 0 saturated heterocycles. The van der Waals surface area contributed by atoms with Crippen LogP contribution in [-0.2, 0) is 11.3 Å². The standard InChI is InChI=1S/C13H14BrNO/c1-2-4-10(16)9-15-8-7-11-12(14)5-3-6-13(11)15/h3,5-8H,2,4,9H2,1H3. The van der Waals surface area contributed by atoms with Gasteiger partial charge in [0.2, 0.25) is 0 Å². The fourth-order valence-electron chi connectivity index (χ4n) is 1.87. The minimum atomic E-state index is 0.292. The smallest absolute Gasteiger partial charge is 0.152 e. The van der Waals surface area contributed by atoms with Crippen LogP contribution in [0.5, 0.6) is 0 Å². The summed E-state index contributed by atoms with van der Waals surface area (Å²) >= 11 is 3.51.